The zero-order chi connectivity index (χ0) is 20.1. The lowest BCUT2D eigenvalue weighted by Gasteiger charge is -2.13. The van der Waals surface area contributed by atoms with Crippen LogP contribution in [0.2, 0.25) is 0 Å². The van der Waals surface area contributed by atoms with Gasteiger partial charge in [-0.3, -0.25) is 14.5 Å². The molecule has 6 nitrogen and oxygen atoms in total. The average molecular weight is 378 g/mol. The van der Waals surface area contributed by atoms with Crippen LogP contribution in [0.3, 0.4) is 0 Å². The van der Waals surface area contributed by atoms with E-state index in [0.717, 1.165) is 22.7 Å². The van der Waals surface area contributed by atoms with Crippen molar-refractivity contribution >= 4 is 5.91 Å². The van der Waals surface area contributed by atoms with Gasteiger partial charge in [0.05, 0.1) is 11.4 Å². The molecule has 0 aliphatic carbocycles. The Morgan fingerprint density at radius 1 is 1.14 bits per heavy atom. The number of rotatable bonds is 6. The Hall–Kier alpha value is -3.15. The van der Waals surface area contributed by atoms with Crippen LogP contribution in [-0.2, 0) is 25.6 Å². The zero-order valence-electron chi connectivity index (χ0n) is 16.8. The Morgan fingerprint density at radius 3 is 2.50 bits per heavy atom. The second-order valence-corrected chi connectivity index (χ2v) is 7.72. The second-order valence-electron chi connectivity index (χ2n) is 7.72. The zero-order valence-corrected chi connectivity index (χ0v) is 16.8. The monoisotopic (exact) mass is 378 g/mol. The minimum absolute atomic E-state index is 0.0958. The van der Waals surface area contributed by atoms with Crippen molar-refractivity contribution in [2.75, 3.05) is 0 Å². The summed E-state index contributed by atoms with van der Waals surface area (Å²) in [5.74, 6) is 0.628. The van der Waals surface area contributed by atoms with E-state index >= 15 is 0 Å². The predicted octanol–water partition coefficient (Wildman–Crippen LogP) is 3.62. The molecule has 1 N–H and O–H groups in total. The molecule has 6 heteroatoms. The number of carbonyl (C=O) groups excluding carboxylic acids is 1. The van der Waals surface area contributed by atoms with E-state index in [-0.39, 0.29) is 11.3 Å². The molecule has 0 saturated carbocycles. The van der Waals surface area contributed by atoms with E-state index in [1.54, 1.807) is 17.9 Å². The highest BCUT2D eigenvalue weighted by molar-refractivity contribution is 5.92. The Balaban J connectivity index is 1.55. The van der Waals surface area contributed by atoms with Crippen LogP contribution >= 0.6 is 0 Å². The SMILES string of the molecule is Cn1nc(C(C)(C)C)cc1C(=O)NCc1ccc(OCc2ccccn2)cc1. The van der Waals surface area contributed by atoms with Crippen molar-refractivity contribution < 1.29 is 9.53 Å². The first-order chi connectivity index (χ1) is 13.3. The van der Waals surface area contributed by atoms with Gasteiger partial charge >= 0.3 is 0 Å². The molecule has 2 aromatic heterocycles. The quantitative estimate of drug-likeness (QED) is 0.711. The molecule has 0 spiro atoms. The highest BCUT2D eigenvalue weighted by atomic mass is 16.5. The van der Waals surface area contributed by atoms with Crippen molar-refractivity contribution in [2.24, 2.45) is 7.05 Å². The highest BCUT2D eigenvalue weighted by Gasteiger charge is 2.21. The average Bonchev–Trinajstić information content (AvgIpc) is 3.08. The normalized spacial score (nSPS) is 11.3. The summed E-state index contributed by atoms with van der Waals surface area (Å²) in [5, 5.41) is 7.40. The van der Waals surface area contributed by atoms with Crippen LogP contribution < -0.4 is 10.1 Å². The van der Waals surface area contributed by atoms with Gasteiger partial charge in [-0.25, -0.2) is 0 Å². The molecule has 0 radical (unpaired) electrons. The summed E-state index contributed by atoms with van der Waals surface area (Å²) in [7, 11) is 1.79. The van der Waals surface area contributed by atoms with Gasteiger partial charge in [0.15, 0.2) is 0 Å². The van der Waals surface area contributed by atoms with Crippen molar-refractivity contribution in [3.63, 3.8) is 0 Å². The minimum Gasteiger partial charge on any atom is -0.487 e. The Morgan fingerprint density at radius 2 is 1.89 bits per heavy atom. The van der Waals surface area contributed by atoms with E-state index in [9.17, 15) is 4.79 Å². The lowest BCUT2D eigenvalue weighted by Crippen LogP contribution is -2.25. The number of ether oxygens (including phenoxy) is 1. The van der Waals surface area contributed by atoms with Gasteiger partial charge in [0.2, 0.25) is 0 Å². The number of nitrogens with one attached hydrogen (secondary N) is 1. The Bertz CT molecular complexity index is 925. The molecule has 1 amide bonds. The number of hydrogen-bond donors (Lipinski definition) is 1. The van der Waals surface area contributed by atoms with Crippen molar-refractivity contribution in [3.05, 3.63) is 77.4 Å². The summed E-state index contributed by atoms with van der Waals surface area (Å²) < 4.78 is 7.36. The van der Waals surface area contributed by atoms with E-state index in [4.69, 9.17) is 4.74 Å². The lowest BCUT2D eigenvalue weighted by atomic mass is 9.92. The molecular formula is C22H26N4O2. The molecule has 0 aliphatic heterocycles. The van der Waals surface area contributed by atoms with E-state index in [0.29, 0.717) is 18.8 Å². The third-order valence-corrected chi connectivity index (χ3v) is 4.37. The second kappa shape index (κ2) is 8.25. The lowest BCUT2D eigenvalue weighted by molar-refractivity contribution is 0.0941. The van der Waals surface area contributed by atoms with E-state index in [2.05, 4.69) is 36.2 Å². The minimum atomic E-state index is -0.138. The van der Waals surface area contributed by atoms with Crippen LogP contribution in [0.4, 0.5) is 0 Å². The first kappa shape index (κ1) is 19.6. The first-order valence-corrected chi connectivity index (χ1v) is 9.27. The maximum absolute atomic E-state index is 12.5. The van der Waals surface area contributed by atoms with Crippen LogP contribution in [0, 0.1) is 0 Å². The molecule has 146 valence electrons. The summed E-state index contributed by atoms with van der Waals surface area (Å²) >= 11 is 0. The molecule has 0 unspecified atom stereocenters. The maximum Gasteiger partial charge on any atom is 0.269 e. The topological polar surface area (TPSA) is 69.0 Å². The van der Waals surface area contributed by atoms with Gasteiger partial charge in [-0.1, -0.05) is 39.0 Å². The summed E-state index contributed by atoms with van der Waals surface area (Å²) in [6.45, 7) is 7.10. The molecule has 0 fully saturated rings. The third kappa shape index (κ3) is 4.97. The summed E-state index contributed by atoms with van der Waals surface area (Å²) in [5.41, 5.74) is 3.23. The fraction of sp³-hybridized carbons (Fsp3) is 0.318. The van der Waals surface area contributed by atoms with E-state index in [1.165, 1.54) is 0 Å². The molecule has 28 heavy (non-hydrogen) atoms. The highest BCUT2D eigenvalue weighted by Crippen LogP contribution is 2.21. The number of aromatic nitrogens is 3. The summed E-state index contributed by atoms with van der Waals surface area (Å²) in [6.07, 6.45) is 1.75. The molecule has 0 bridgehead atoms. The first-order valence-electron chi connectivity index (χ1n) is 9.27. The maximum atomic E-state index is 12.5. The predicted molar refractivity (Wildman–Crippen MR) is 108 cm³/mol. The van der Waals surface area contributed by atoms with Gasteiger partial charge in [-0.2, -0.15) is 5.10 Å². The molecular weight excluding hydrogens is 352 g/mol. The number of nitrogens with zero attached hydrogens (tertiary/aromatic N) is 3. The largest absolute Gasteiger partial charge is 0.487 e. The summed E-state index contributed by atoms with van der Waals surface area (Å²) in [4.78, 5) is 16.7. The number of amides is 1. The molecule has 0 saturated heterocycles. The Labute approximate surface area is 165 Å². The number of carbonyl (C=O) groups is 1. The van der Waals surface area contributed by atoms with Crippen molar-refractivity contribution in [3.8, 4) is 5.75 Å². The number of hydrogen-bond acceptors (Lipinski definition) is 4. The van der Waals surface area contributed by atoms with Crippen molar-refractivity contribution in [1.82, 2.24) is 20.1 Å². The van der Waals surface area contributed by atoms with Gasteiger partial charge in [0.1, 0.15) is 18.1 Å². The van der Waals surface area contributed by atoms with Crippen LogP contribution in [0.5, 0.6) is 5.75 Å². The van der Waals surface area contributed by atoms with Gasteiger partial charge in [0, 0.05) is 25.2 Å². The summed E-state index contributed by atoms with van der Waals surface area (Å²) in [6, 6.07) is 15.3. The van der Waals surface area contributed by atoms with Crippen molar-refractivity contribution in [1.29, 1.82) is 0 Å². The smallest absolute Gasteiger partial charge is 0.269 e. The van der Waals surface area contributed by atoms with Crippen LogP contribution in [-0.4, -0.2) is 20.7 Å². The van der Waals surface area contributed by atoms with Crippen LogP contribution in [0.1, 0.15) is 48.2 Å². The molecule has 1 aromatic carbocycles. The number of benzene rings is 1. The number of aryl methyl sites for hydroxylation is 1. The molecule has 3 rings (SSSR count). The molecule has 2 heterocycles. The molecule has 0 atom stereocenters. The third-order valence-electron chi connectivity index (χ3n) is 4.37. The van der Waals surface area contributed by atoms with Crippen LogP contribution in [0.15, 0.2) is 54.7 Å². The van der Waals surface area contributed by atoms with Gasteiger partial charge in [-0.05, 0) is 35.9 Å². The standard InChI is InChI=1S/C22H26N4O2/c1-22(2,3)20-13-19(26(4)25-20)21(27)24-14-16-8-10-18(11-9-16)28-15-17-7-5-6-12-23-17/h5-13H,14-15H2,1-4H3,(H,24,27). The number of pyridine rings is 1. The van der Waals surface area contributed by atoms with Crippen LogP contribution in [0.25, 0.3) is 0 Å². The van der Waals surface area contributed by atoms with Crippen molar-refractivity contribution in [2.45, 2.75) is 39.3 Å². The Kier molecular flexibility index (Phi) is 5.78. The van der Waals surface area contributed by atoms with Gasteiger partial charge in [0.25, 0.3) is 5.91 Å². The van der Waals surface area contributed by atoms with E-state index < -0.39 is 0 Å². The van der Waals surface area contributed by atoms with E-state index in [1.807, 2.05) is 48.5 Å². The fourth-order valence-corrected chi connectivity index (χ4v) is 2.66. The van der Waals surface area contributed by atoms with Gasteiger partial charge < -0.3 is 10.1 Å². The fourth-order valence-electron chi connectivity index (χ4n) is 2.66. The molecule has 0 aliphatic rings. The molecule has 3 aromatic rings. The van der Waals surface area contributed by atoms with Gasteiger partial charge in [-0.15, -0.1) is 0 Å².